The van der Waals surface area contributed by atoms with Gasteiger partial charge in [-0.15, -0.1) is 6.58 Å². The van der Waals surface area contributed by atoms with Gasteiger partial charge in [-0.3, -0.25) is 4.79 Å². The first kappa shape index (κ1) is 15.9. The van der Waals surface area contributed by atoms with Crippen molar-refractivity contribution >= 4 is 17.5 Å². The number of carbonyl (C=O) groups excluding carboxylic acids is 2. The molecule has 0 atom stereocenters. The molecule has 0 unspecified atom stereocenters. The van der Waals surface area contributed by atoms with Gasteiger partial charge >= 0.3 is 6.03 Å². The number of ketones is 1. The molecule has 0 heterocycles. The molecular weight excluding hydrogens is 256 g/mol. The lowest BCUT2D eigenvalue weighted by molar-refractivity contribution is 0.101. The monoisotopic (exact) mass is 276 g/mol. The zero-order valence-electron chi connectivity index (χ0n) is 11.6. The molecule has 0 spiro atoms. The van der Waals surface area contributed by atoms with Gasteiger partial charge in [0.25, 0.3) is 0 Å². The average Bonchev–Trinajstić information content (AvgIpc) is 2.43. The molecule has 0 aromatic heterocycles. The minimum Gasteiger partial charge on any atom is -0.379 e. The third-order valence-electron chi connectivity index (χ3n) is 2.53. The fourth-order valence-electron chi connectivity index (χ4n) is 1.50. The van der Waals surface area contributed by atoms with E-state index in [1.807, 2.05) is 0 Å². The van der Waals surface area contributed by atoms with Gasteiger partial charge in [0, 0.05) is 17.8 Å². The van der Waals surface area contributed by atoms with E-state index in [1.54, 1.807) is 30.3 Å². The van der Waals surface area contributed by atoms with Crippen LogP contribution in [0.2, 0.25) is 0 Å². The van der Waals surface area contributed by atoms with Crippen LogP contribution >= 0.6 is 0 Å². The summed E-state index contributed by atoms with van der Waals surface area (Å²) in [6.07, 6.45) is 2.58. The highest BCUT2D eigenvalue weighted by Gasteiger charge is 2.03. The lowest BCUT2D eigenvalue weighted by Gasteiger charge is -2.08. The molecule has 5 nitrogen and oxygen atoms in total. The van der Waals surface area contributed by atoms with Gasteiger partial charge in [-0.25, -0.2) is 4.79 Å². The summed E-state index contributed by atoms with van der Waals surface area (Å²) in [5, 5.41) is 5.34. The molecular formula is C15H20N2O3. The van der Waals surface area contributed by atoms with E-state index in [9.17, 15) is 9.59 Å². The van der Waals surface area contributed by atoms with Crippen molar-refractivity contribution in [2.24, 2.45) is 0 Å². The molecule has 0 saturated heterocycles. The fourth-order valence-corrected chi connectivity index (χ4v) is 1.50. The van der Waals surface area contributed by atoms with Gasteiger partial charge in [0.2, 0.25) is 0 Å². The van der Waals surface area contributed by atoms with Gasteiger partial charge in [0.05, 0.1) is 13.2 Å². The van der Waals surface area contributed by atoms with Crippen LogP contribution < -0.4 is 10.6 Å². The third-order valence-corrected chi connectivity index (χ3v) is 2.53. The number of urea groups is 1. The first-order valence-corrected chi connectivity index (χ1v) is 6.48. The van der Waals surface area contributed by atoms with Crippen molar-refractivity contribution in [1.29, 1.82) is 0 Å². The third kappa shape index (κ3) is 6.15. The van der Waals surface area contributed by atoms with E-state index in [2.05, 4.69) is 17.2 Å². The van der Waals surface area contributed by atoms with Crippen molar-refractivity contribution < 1.29 is 14.3 Å². The summed E-state index contributed by atoms with van der Waals surface area (Å²) in [7, 11) is 0. The lowest BCUT2D eigenvalue weighted by Crippen LogP contribution is -2.31. The Morgan fingerprint density at radius 2 is 2.15 bits per heavy atom. The molecule has 0 radical (unpaired) electrons. The fraction of sp³-hybridized carbons (Fsp3) is 0.333. The van der Waals surface area contributed by atoms with Crippen molar-refractivity contribution in [1.82, 2.24) is 5.32 Å². The number of amides is 2. The molecule has 1 aromatic carbocycles. The molecule has 2 amide bonds. The number of rotatable bonds is 8. The van der Waals surface area contributed by atoms with Crippen LogP contribution in [-0.4, -0.2) is 31.6 Å². The Kier molecular flexibility index (Phi) is 7.06. The average molecular weight is 276 g/mol. The smallest absolute Gasteiger partial charge is 0.319 e. The molecule has 2 N–H and O–H groups in total. The highest BCUT2D eigenvalue weighted by atomic mass is 16.5. The second-order valence-electron chi connectivity index (χ2n) is 4.21. The van der Waals surface area contributed by atoms with Crippen LogP contribution in [0, 0.1) is 0 Å². The Balaban J connectivity index is 2.30. The highest BCUT2D eigenvalue weighted by Crippen LogP contribution is 2.10. The van der Waals surface area contributed by atoms with Crippen LogP contribution in [0.25, 0.3) is 0 Å². The Labute approximate surface area is 119 Å². The van der Waals surface area contributed by atoms with Gasteiger partial charge in [-0.05, 0) is 25.5 Å². The molecule has 1 rings (SSSR count). The zero-order valence-corrected chi connectivity index (χ0v) is 11.6. The van der Waals surface area contributed by atoms with Crippen molar-refractivity contribution in [3.05, 3.63) is 42.5 Å². The molecule has 0 bridgehead atoms. The normalized spacial score (nSPS) is 9.85. The number of hydrogen-bond acceptors (Lipinski definition) is 3. The van der Waals surface area contributed by atoms with Crippen LogP contribution in [0.3, 0.4) is 0 Å². The summed E-state index contributed by atoms with van der Waals surface area (Å²) in [5.41, 5.74) is 1.15. The molecule has 108 valence electrons. The Bertz CT molecular complexity index is 472. The lowest BCUT2D eigenvalue weighted by atomic mass is 10.1. The summed E-state index contributed by atoms with van der Waals surface area (Å²) in [6.45, 7) is 6.56. The first-order chi connectivity index (χ1) is 9.63. The molecule has 5 heteroatoms. The number of nitrogens with one attached hydrogen (secondary N) is 2. The Morgan fingerprint density at radius 3 is 2.85 bits per heavy atom. The number of benzene rings is 1. The van der Waals surface area contributed by atoms with Crippen molar-refractivity contribution in [3.63, 3.8) is 0 Å². The van der Waals surface area contributed by atoms with E-state index < -0.39 is 0 Å². The van der Waals surface area contributed by atoms with Crippen molar-refractivity contribution in [3.8, 4) is 0 Å². The van der Waals surface area contributed by atoms with Crippen LogP contribution in [0.1, 0.15) is 23.7 Å². The largest absolute Gasteiger partial charge is 0.379 e. The Hall–Kier alpha value is -2.14. The molecule has 0 saturated carbocycles. The van der Waals surface area contributed by atoms with Gasteiger partial charge < -0.3 is 15.4 Å². The maximum Gasteiger partial charge on any atom is 0.319 e. The summed E-state index contributed by atoms with van der Waals surface area (Å²) >= 11 is 0. The second-order valence-corrected chi connectivity index (χ2v) is 4.21. The zero-order chi connectivity index (χ0) is 14.8. The molecule has 0 fully saturated rings. The van der Waals surface area contributed by atoms with E-state index in [4.69, 9.17) is 4.74 Å². The SMILES string of the molecule is C=CCCOCCNC(=O)Nc1cccc(C(C)=O)c1. The predicted octanol–water partition coefficient (Wildman–Crippen LogP) is 2.60. The maximum atomic E-state index is 11.6. The van der Waals surface area contributed by atoms with Gasteiger partial charge in [0.1, 0.15) is 0 Å². The maximum absolute atomic E-state index is 11.6. The van der Waals surface area contributed by atoms with Crippen molar-refractivity contribution in [2.45, 2.75) is 13.3 Å². The topological polar surface area (TPSA) is 67.4 Å². The summed E-state index contributed by atoms with van der Waals surface area (Å²) in [4.78, 5) is 22.8. The minimum absolute atomic E-state index is 0.0373. The van der Waals surface area contributed by atoms with E-state index in [0.29, 0.717) is 31.0 Å². The molecule has 0 aliphatic carbocycles. The van der Waals surface area contributed by atoms with E-state index >= 15 is 0 Å². The number of Topliss-reactive ketones (excluding diaryl/α,β-unsaturated/α-hetero) is 1. The predicted molar refractivity (Wildman–Crippen MR) is 79.1 cm³/mol. The van der Waals surface area contributed by atoms with Crippen LogP contribution in [0.5, 0.6) is 0 Å². The molecule has 20 heavy (non-hydrogen) atoms. The van der Waals surface area contributed by atoms with E-state index in [1.165, 1.54) is 6.92 Å². The van der Waals surface area contributed by atoms with E-state index in [0.717, 1.165) is 6.42 Å². The second kappa shape index (κ2) is 8.87. The van der Waals surface area contributed by atoms with E-state index in [-0.39, 0.29) is 11.8 Å². The summed E-state index contributed by atoms with van der Waals surface area (Å²) < 4.78 is 5.27. The molecule has 0 aliphatic heterocycles. The quantitative estimate of drug-likeness (QED) is 0.435. The summed E-state index contributed by atoms with van der Waals surface area (Å²) in [6, 6.07) is 6.48. The molecule has 1 aromatic rings. The standard InChI is InChI=1S/C15H20N2O3/c1-3-4-9-20-10-8-16-15(19)17-14-7-5-6-13(11-14)12(2)18/h3,5-7,11H,1,4,8-10H2,2H3,(H2,16,17,19). The highest BCUT2D eigenvalue weighted by molar-refractivity contribution is 5.96. The minimum atomic E-state index is -0.321. The van der Waals surface area contributed by atoms with Crippen LogP contribution in [0.15, 0.2) is 36.9 Å². The van der Waals surface area contributed by atoms with Crippen LogP contribution in [-0.2, 0) is 4.74 Å². The van der Waals surface area contributed by atoms with Crippen molar-refractivity contribution in [2.75, 3.05) is 25.1 Å². The number of anilines is 1. The Morgan fingerprint density at radius 1 is 1.35 bits per heavy atom. The summed E-state index contributed by atoms with van der Waals surface area (Å²) in [5.74, 6) is -0.0373. The number of ether oxygens (including phenoxy) is 1. The first-order valence-electron chi connectivity index (χ1n) is 6.48. The van der Waals surface area contributed by atoms with Gasteiger partial charge in [-0.1, -0.05) is 18.2 Å². The van der Waals surface area contributed by atoms with Gasteiger partial charge in [-0.2, -0.15) is 0 Å². The number of carbonyl (C=O) groups is 2. The van der Waals surface area contributed by atoms with Gasteiger partial charge in [0.15, 0.2) is 5.78 Å². The number of hydrogen-bond donors (Lipinski definition) is 2. The molecule has 0 aliphatic rings. The van der Waals surface area contributed by atoms with Crippen LogP contribution in [0.4, 0.5) is 10.5 Å².